The monoisotopic (exact) mass is 458 g/mol. The van der Waals surface area contributed by atoms with Crippen molar-refractivity contribution in [1.29, 1.82) is 0 Å². The second kappa shape index (κ2) is 8.91. The van der Waals surface area contributed by atoms with Crippen LogP contribution in [0.15, 0.2) is 91.0 Å². The third kappa shape index (κ3) is 4.47. The second-order valence-corrected chi connectivity index (χ2v) is 11.2. The van der Waals surface area contributed by atoms with Crippen molar-refractivity contribution in [2.75, 3.05) is 22.7 Å². The smallest absolute Gasteiger partial charge is 0.262 e. The molecule has 3 aromatic rings. The molecule has 0 saturated heterocycles. The summed E-state index contributed by atoms with van der Waals surface area (Å²) in [7, 11) is -6.86. The number of anilines is 2. The van der Waals surface area contributed by atoms with Crippen molar-refractivity contribution >= 4 is 37.2 Å². The van der Waals surface area contributed by atoms with Gasteiger partial charge in [-0.05, 0) is 24.3 Å². The first-order chi connectivity index (χ1) is 14.7. The lowest BCUT2D eigenvalue weighted by molar-refractivity contribution is 0.101. The first-order valence-electron chi connectivity index (χ1n) is 9.32. The molecule has 3 aromatic carbocycles. The van der Waals surface area contributed by atoms with Crippen LogP contribution < -0.4 is 8.61 Å². The minimum absolute atomic E-state index is 0.0115. The Balaban J connectivity index is 2.16. The van der Waals surface area contributed by atoms with E-state index in [0.29, 0.717) is 0 Å². The maximum absolute atomic E-state index is 13.5. The van der Waals surface area contributed by atoms with E-state index in [1.807, 2.05) is 0 Å². The topological polar surface area (TPSA) is 91.8 Å². The van der Waals surface area contributed by atoms with Crippen LogP contribution in [0.1, 0.15) is 10.4 Å². The Bertz CT molecular complexity index is 1170. The molecule has 3 rings (SSSR count). The van der Waals surface area contributed by atoms with Crippen molar-refractivity contribution in [2.45, 2.75) is 4.58 Å². The number of sulfonamides is 2. The Morgan fingerprint density at radius 2 is 0.935 bits per heavy atom. The zero-order chi connectivity index (χ0) is 22.6. The van der Waals surface area contributed by atoms with E-state index in [0.717, 1.165) is 8.61 Å². The summed E-state index contributed by atoms with van der Waals surface area (Å²) in [6.07, 6.45) is 0. The summed E-state index contributed by atoms with van der Waals surface area (Å²) in [5.74, 6) is -1.02. The van der Waals surface area contributed by atoms with Crippen molar-refractivity contribution in [3.8, 4) is 0 Å². The Morgan fingerprint density at radius 3 is 1.29 bits per heavy atom. The van der Waals surface area contributed by atoms with Gasteiger partial charge < -0.3 is 0 Å². The molecule has 0 aliphatic heterocycles. The number of carbonyl (C=O) groups excluding carboxylic acids is 1. The van der Waals surface area contributed by atoms with Gasteiger partial charge in [-0.3, -0.25) is 13.4 Å². The lowest BCUT2D eigenvalue weighted by atomic mass is 10.1. The summed E-state index contributed by atoms with van der Waals surface area (Å²) < 4.78 is 53.4. The predicted octanol–water partition coefficient (Wildman–Crippen LogP) is 3.13. The summed E-state index contributed by atoms with van der Waals surface area (Å²) >= 11 is 0. The molecule has 31 heavy (non-hydrogen) atoms. The molecule has 0 heterocycles. The molecule has 0 saturated carbocycles. The molecule has 0 radical (unpaired) electrons. The van der Waals surface area contributed by atoms with Gasteiger partial charge in [-0.1, -0.05) is 66.7 Å². The van der Waals surface area contributed by atoms with E-state index in [4.69, 9.17) is 0 Å². The largest absolute Gasteiger partial charge is 0.291 e. The molecule has 0 aliphatic rings. The minimum atomic E-state index is -4.66. The van der Waals surface area contributed by atoms with Crippen LogP contribution in [-0.4, -0.2) is 41.3 Å². The van der Waals surface area contributed by atoms with E-state index in [-0.39, 0.29) is 16.9 Å². The first-order valence-corrected chi connectivity index (χ1v) is 12.3. The van der Waals surface area contributed by atoms with Crippen LogP contribution in [0.3, 0.4) is 0 Å². The fourth-order valence-electron chi connectivity index (χ4n) is 3.02. The summed E-state index contributed by atoms with van der Waals surface area (Å²) in [5, 5.41) is 0. The van der Waals surface area contributed by atoms with E-state index >= 15 is 0 Å². The number of Topliss-reactive ketones (excluding diaryl/α,β-unsaturated/α-hetero) is 1. The molecule has 0 spiro atoms. The van der Waals surface area contributed by atoms with Gasteiger partial charge in [-0.25, -0.2) is 16.8 Å². The number of hydrogen-bond donors (Lipinski definition) is 0. The fourth-order valence-corrected chi connectivity index (χ4v) is 7.24. The Morgan fingerprint density at radius 1 is 0.613 bits per heavy atom. The zero-order valence-electron chi connectivity index (χ0n) is 17.0. The molecule has 0 N–H and O–H groups in total. The maximum atomic E-state index is 13.5. The molecule has 0 fully saturated rings. The highest BCUT2D eigenvalue weighted by molar-refractivity contribution is 8.11. The highest BCUT2D eigenvalue weighted by Gasteiger charge is 2.48. The van der Waals surface area contributed by atoms with Crippen molar-refractivity contribution in [2.24, 2.45) is 0 Å². The van der Waals surface area contributed by atoms with Gasteiger partial charge in [0.05, 0.1) is 11.4 Å². The van der Waals surface area contributed by atoms with Crippen LogP contribution in [0, 0.1) is 0 Å². The van der Waals surface area contributed by atoms with Gasteiger partial charge in [-0.2, -0.15) is 0 Å². The average Bonchev–Trinajstić information content (AvgIpc) is 2.79. The number of ketones is 1. The van der Waals surface area contributed by atoms with Crippen LogP contribution in [0.25, 0.3) is 0 Å². The van der Waals surface area contributed by atoms with Gasteiger partial charge in [0.25, 0.3) is 24.6 Å². The molecular formula is C22H22N2O5S2. The SMILES string of the molecule is CN(c1ccccc1)S(=O)(=O)C(C(=O)c1ccccc1)S(=O)(=O)N(C)c1ccccc1. The van der Waals surface area contributed by atoms with E-state index in [9.17, 15) is 21.6 Å². The number of nitrogens with zero attached hydrogens (tertiary/aromatic N) is 2. The van der Waals surface area contributed by atoms with Crippen LogP contribution in [0.2, 0.25) is 0 Å². The summed E-state index contributed by atoms with van der Waals surface area (Å²) in [6.45, 7) is 0. The number of benzene rings is 3. The van der Waals surface area contributed by atoms with Gasteiger partial charge in [0.1, 0.15) is 0 Å². The van der Waals surface area contributed by atoms with Crippen molar-refractivity contribution in [3.05, 3.63) is 96.6 Å². The molecule has 0 unspecified atom stereocenters. The highest BCUT2D eigenvalue weighted by atomic mass is 32.3. The molecule has 0 aliphatic carbocycles. The first kappa shape index (κ1) is 22.5. The quantitative estimate of drug-likeness (QED) is 0.484. The summed E-state index contributed by atoms with van der Waals surface area (Å²) in [5.41, 5.74) is 0.472. The highest BCUT2D eigenvalue weighted by Crippen LogP contribution is 2.28. The third-order valence-electron chi connectivity index (χ3n) is 4.82. The standard InChI is InChI=1S/C22H22N2O5S2/c1-23(19-14-8-4-9-15-19)30(26,27)22(21(25)18-12-6-3-7-13-18)31(28,29)24(2)20-16-10-5-11-17-20/h3-17,22H,1-2H3. The Hall–Kier alpha value is -3.17. The van der Waals surface area contributed by atoms with Crippen LogP contribution >= 0.6 is 0 Å². The summed E-state index contributed by atoms with van der Waals surface area (Å²) in [6, 6.07) is 23.5. The van der Waals surface area contributed by atoms with Crippen LogP contribution in [-0.2, 0) is 20.0 Å². The van der Waals surface area contributed by atoms with E-state index in [1.165, 1.54) is 50.5 Å². The number of carbonyl (C=O) groups is 1. The maximum Gasteiger partial charge on any atom is 0.262 e. The normalized spacial score (nSPS) is 11.8. The molecule has 0 atom stereocenters. The van der Waals surface area contributed by atoms with E-state index in [2.05, 4.69) is 0 Å². The minimum Gasteiger partial charge on any atom is -0.291 e. The Labute approximate surface area is 182 Å². The van der Waals surface area contributed by atoms with Gasteiger partial charge in [0.15, 0.2) is 5.78 Å². The van der Waals surface area contributed by atoms with Crippen molar-refractivity contribution < 1.29 is 21.6 Å². The average molecular weight is 459 g/mol. The molecule has 0 amide bonds. The van der Waals surface area contributed by atoms with Crippen LogP contribution in [0.5, 0.6) is 0 Å². The third-order valence-corrected chi connectivity index (χ3v) is 9.73. The molecule has 0 aromatic heterocycles. The molecule has 162 valence electrons. The van der Waals surface area contributed by atoms with Crippen molar-refractivity contribution in [3.63, 3.8) is 0 Å². The van der Waals surface area contributed by atoms with E-state index < -0.39 is 30.4 Å². The molecule has 0 bridgehead atoms. The lowest BCUT2D eigenvalue weighted by Gasteiger charge is -2.29. The van der Waals surface area contributed by atoms with E-state index in [1.54, 1.807) is 54.6 Å². The van der Waals surface area contributed by atoms with Gasteiger partial charge in [-0.15, -0.1) is 0 Å². The second-order valence-electron chi connectivity index (χ2n) is 6.76. The van der Waals surface area contributed by atoms with Crippen LogP contribution in [0.4, 0.5) is 11.4 Å². The number of para-hydroxylation sites is 2. The summed E-state index contributed by atoms with van der Waals surface area (Å²) in [4.78, 5) is 13.3. The van der Waals surface area contributed by atoms with Gasteiger partial charge in [0.2, 0.25) is 0 Å². The molecular weight excluding hydrogens is 436 g/mol. The fraction of sp³-hybridized carbons (Fsp3) is 0.136. The number of hydrogen-bond acceptors (Lipinski definition) is 5. The van der Waals surface area contributed by atoms with Gasteiger partial charge in [0, 0.05) is 19.7 Å². The van der Waals surface area contributed by atoms with Gasteiger partial charge >= 0.3 is 0 Å². The molecule has 9 heteroatoms. The van der Waals surface area contributed by atoms with Crippen molar-refractivity contribution in [1.82, 2.24) is 0 Å². The lowest BCUT2D eigenvalue weighted by Crippen LogP contribution is -2.50. The molecule has 7 nitrogen and oxygen atoms in total. The zero-order valence-corrected chi connectivity index (χ0v) is 18.6. The Kier molecular flexibility index (Phi) is 6.47. The number of rotatable bonds is 8. The predicted molar refractivity (Wildman–Crippen MR) is 122 cm³/mol.